The van der Waals surface area contributed by atoms with Gasteiger partial charge in [-0.3, -0.25) is 25.4 Å². The standard InChI is InChI=1S/C18H23N7O3/c1-2-28-18(27)12-6-9-25(10-7-12)16-14(19)15(21-11-22-16)23-24-17(26)13-5-3-4-8-20-13/h3-5,8,11-12H,2,6-7,9-10,19H2,1H3,(H,24,26)(H,21,22,23). The summed E-state index contributed by atoms with van der Waals surface area (Å²) in [6, 6.07) is 5.04. The SMILES string of the molecule is CCOC(=O)C1CCN(c2ncnc(NNC(=O)c3ccccn3)c2N)CC1. The Balaban J connectivity index is 1.62. The quantitative estimate of drug-likeness (QED) is 0.491. The number of nitrogen functional groups attached to an aromatic ring is 1. The zero-order valence-electron chi connectivity index (χ0n) is 15.6. The summed E-state index contributed by atoms with van der Waals surface area (Å²) in [5, 5.41) is 0. The number of hydrazine groups is 1. The molecule has 1 fully saturated rings. The monoisotopic (exact) mass is 385 g/mol. The minimum Gasteiger partial charge on any atom is -0.466 e. The van der Waals surface area contributed by atoms with Crippen molar-refractivity contribution in [3.8, 4) is 0 Å². The van der Waals surface area contributed by atoms with Crippen LogP contribution in [0.5, 0.6) is 0 Å². The molecule has 10 heteroatoms. The van der Waals surface area contributed by atoms with Gasteiger partial charge < -0.3 is 15.4 Å². The minimum atomic E-state index is -0.407. The smallest absolute Gasteiger partial charge is 0.309 e. The van der Waals surface area contributed by atoms with Crippen LogP contribution < -0.4 is 21.5 Å². The molecular weight excluding hydrogens is 362 g/mol. The van der Waals surface area contributed by atoms with Crippen LogP contribution in [0.15, 0.2) is 30.7 Å². The van der Waals surface area contributed by atoms with Gasteiger partial charge in [0, 0.05) is 19.3 Å². The molecule has 1 aliphatic rings. The van der Waals surface area contributed by atoms with E-state index >= 15 is 0 Å². The van der Waals surface area contributed by atoms with Crippen molar-refractivity contribution in [2.75, 3.05) is 35.8 Å². The lowest BCUT2D eigenvalue weighted by atomic mass is 9.97. The number of piperidine rings is 1. The van der Waals surface area contributed by atoms with Crippen LogP contribution in [0.3, 0.4) is 0 Å². The fourth-order valence-electron chi connectivity index (χ4n) is 3.00. The van der Waals surface area contributed by atoms with E-state index in [4.69, 9.17) is 10.5 Å². The number of anilines is 3. The van der Waals surface area contributed by atoms with Gasteiger partial charge in [-0.1, -0.05) is 6.07 Å². The number of aromatic nitrogens is 3. The highest BCUT2D eigenvalue weighted by Crippen LogP contribution is 2.29. The van der Waals surface area contributed by atoms with Crippen molar-refractivity contribution in [1.82, 2.24) is 20.4 Å². The van der Waals surface area contributed by atoms with Crippen molar-refractivity contribution in [2.45, 2.75) is 19.8 Å². The number of rotatable bonds is 6. The van der Waals surface area contributed by atoms with Crippen LogP contribution in [0.4, 0.5) is 17.3 Å². The Labute approximate surface area is 162 Å². The van der Waals surface area contributed by atoms with E-state index in [1.165, 1.54) is 12.5 Å². The first kappa shape index (κ1) is 19.3. The molecular formula is C18H23N7O3. The summed E-state index contributed by atoms with van der Waals surface area (Å²) in [6.45, 7) is 3.45. The van der Waals surface area contributed by atoms with Gasteiger partial charge in [-0.05, 0) is 31.9 Å². The molecule has 1 saturated heterocycles. The van der Waals surface area contributed by atoms with E-state index in [1.54, 1.807) is 25.1 Å². The first-order valence-electron chi connectivity index (χ1n) is 9.09. The number of ether oxygens (including phenoxy) is 1. The lowest BCUT2D eigenvalue weighted by Gasteiger charge is -2.32. The van der Waals surface area contributed by atoms with Crippen LogP contribution in [0.2, 0.25) is 0 Å². The van der Waals surface area contributed by atoms with E-state index in [0.29, 0.717) is 49.9 Å². The summed E-state index contributed by atoms with van der Waals surface area (Å²) in [5.74, 6) is 0.191. The lowest BCUT2D eigenvalue weighted by Crippen LogP contribution is -2.38. The summed E-state index contributed by atoms with van der Waals surface area (Å²) < 4.78 is 5.09. The Hall–Kier alpha value is -3.43. The number of esters is 1. The van der Waals surface area contributed by atoms with Crippen LogP contribution in [-0.2, 0) is 9.53 Å². The van der Waals surface area contributed by atoms with Gasteiger partial charge in [0.15, 0.2) is 11.6 Å². The van der Waals surface area contributed by atoms with Crippen LogP contribution in [0.25, 0.3) is 0 Å². The Bertz CT molecular complexity index is 823. The first-order valence-corrected chi connectivity index (χ1v) is 9.09. The van der Waals surface area contributed by atoms with Gasteiger partial charge in [0.2, 0.25) is 0 Å². The largest absolute Gasteiger partial charge is 0.466 e. The molecule has 3 rings (SSSR count). The van der Waals surface area contributed by atoms with Crippen LogP contribution >= 0.6 is 0 Å². The summed E-state index contributed by atoms with van der Waals surface area (Å²) in [5.41, 5.74) is 12.0. The molecule has 148 valence electrons. The number of carbonyl (C=O) groups is 2. The second-order valence-electron chi connectivity index (χ2n) is 6.27. The maximum absolute atomic E-state index is 12.1. The van der Waals surface area contributed by atoms with Gasteiger partial charge in [-0.15, -0.1) is 0 Å². The molecule has 1 aliphatic heterocycles. The summed E-state index contributed by atoms with van der Waals surface area (Å²) in [7, 11) is 0. The highest BCUT2D eigenvalue weighted by Gasteiger charge is 2.28. The van der Waals surface area contributed by atoms with Gasteiger partial charge in [0.1, 0.15) is 17.7 Å². The average molecular weight is 385 g/mol. The fourth-order valence-corrected chi connectivity index (χ4v) is 3.00. The van der Waals surface area contributed by atoms with Crippen molar-refractivity contribution >= 4 is 29.2 Å². The van der Waals surface area contributed by atoms with Gasteiger partial charge in [-0.25, -0.2) is 9.97 Å². The number of nitrogens with zero attached hydrogens (tertiary/aromatic N) is 4. The molecule has 1 amide bonds. The number of nitrogens with one attached hydrogen (secondary N) is 2. The molecule has 3 heterocycles. The minimum absolute atomic E-state index is 0.102. The normalized spacial score (nSPS) is 14.4. The van der Waals surface area contributed by atoms with Gasteiger partial charge in [-0.2, -0.15) is 0 Å². The molecule has 2 aromatic rings. The molecule has 0 spiro atoms. The van der Waals surface area contributed by atoms with Gasteiger partial charge in [0.05, 0.1) is 12.5 Å². The van der Waals surface area contributed by atoms with E-state index in [-0.39, 0.29) is 17.6 Å². The first-order chi connectivity index (χ1) is 13.6. The third-order valence-corrected chi connectivity index (χ3v) is 4.47. The molecule has 4 N–H and O–H groups in total. The third kappa shape index (κ3) is 4.45. The molecule has 0 saturated carbocycles. The number of nitrogens with two attached hydrogens (primary N) is 1. The molecule has 0 unspecified atom stereocenters. The second kappa shape index (κ2) is 8.98. The number of carbonyl (C=O) groups excluding carboxylic acids is 2. The molecule has 10 nitrogen and oxygen atoms in total. The topological polar surface area (TPSA) is 135 Å². The van der Waals surface area contributed by atoms with Crippen molar-refractivity contribution in [1.29, 1.82) is 0 Å². The molecule has 0 atom stereocenters. The van der Waals surface area contributed by atoms with E-state index < -0.39 is 5.91 Å². The van der Waals surface area contributed by atoms with Crippen LogP contribution in [0.1, 0.15) is 30.3 Å². The third-order valence-electron chi connectivity index (χ3n) is 4.47. The predicted molar refractivity (Wildman–Crippen MR) is 103 cm³/mol. The Morgan fingerprint density at radius 2 is 2.04 bits per heavy atom. The molecule has 0 bridgehead atoms. The Kier molecular flexibility index (Phi) is 6.20. The van der Waals surface area contributed by atoms with E-state index in [0.717, 1.165) is 0 Å². The maximum atomic E-state index is 12.1. The summed E-state index contributed by atoms with van der Waals surface area (Å²) in [6.07, 6.45) is 4.24. The molecule has 0 radical (unpaired) electrons. The number of hydrogen-bond acceptors (Lipinski definition) is 9. The Morgan fingerprint density at radius 1 is 1.25 bits per heavy atom. The van der Waals surface area contributed by atoms with Crippen LogP contribution in [0, 0.1) is 5.92 Å². The van der Waals surface area contributed by atoms with Gasteiger partial charge in [0.25, 0.3) is 5.91 Å². The molecule has 2 aromatic heterocycles. The van der Waals surface area contributed by atoms with E-state index in [1.807, 2.05) is 4.90 Å². The fraction of sp³-hybridized carbons (Fsp3) is 0.389. The Morgan fingerprint density at radius 3 is 2.71 bits per heavy atom. The highest BCUT2D eigenvalue weighted by atomic mass is 16.5. The summed E-state index contributed by atoms with van der Waals surface area (Å²) in [4.78, 5) is 38.3. The molecule has 0 aromatic carbocycles. The lowest BCUT2D eigenvalue weighted by molar-refractivity contribution is -0.148. The predicted octanol–water partition coefficient (Wildman–Crippen LogP) is 0.990. The van der Waals surface area contributed by atoms with Crippen molar-refractivity contribution in [2.24, 2.45) is 5.92 Å². The number of amides is 1. The zero-order chi connectivity index (χ0) is 19.9. The van der Waals surface area contributed by atoms with E-state index in [9.17, 15) is 9.59 Å². The van der Waals surface area contributed by atoms with E-state index in [2.05, 4.69) is 25.8 Å². The highest BCUT2D eigenvalue weighted by molar-refractivity contribution is 5.93. The summed E-state index contributed by atoms with van der Waals surface area (Å²) >= 11 is 0. The molecule has 0 aliphatic carbocycles. The number of pyridine rings is 1. The maximum Gasteiger partial charge on any atom is 0.309 e. The van der Waals surface area contributed by atoms with Crippen molar-refractivity contribution in [3.05, 3.63) is 36.4 Å². The average Bonchev–Trinajstić information content (AvgIpc) is 2.74. The number of hydrogen-bond donors (Lipinski definition) is 3. The zero-order valence-corrected chi connectivity index (χ0v) is 15.6. The van der Waals surface area contributed by atoms with Crippen LogP contribution in [-0.4, -0.2) is 46.5 Å². The molecule has 28 heavy (non-hydrogen) atoms. The van der Waals surface area contributed by atoms with Gasteiger partial charge >= 0.3 is 5.97 Å². The van der Waals surface area contributed by atoms with Crippen molar-refractivity contribution < 1.29 is 14.3 Å². The second-order valence-corrected chi connectivity index (χ2v) is 6.27. The van der Waals surface area contributed by atoms with Crippen molar-refractivity contribution in [3.63, 3.8) is 0 Å².